The average Bonchev–Trinajstić information content (AvgIpc) is 3.49. The van der Waals surface area contributed by atoms with Gasteiger partial charge in [-0.05, 0) is 74.9 Å². The summed E-state index contributed by atoms with van der Waals surface area (Å²) in [5, 5.41) is 4.39. The maximum atomic E-state index is 13.1. The van der Waals surface area contributed by atoms with Gasteiger partial charge in [0.05, 0.1) is 23.4 Å². The molecule has 3 heterocycles. The van der Waals surface area contributed by atoms with Crippen LogP contribution in [0.15, 0.2) is 41.0 Å². The number of furan rings is 1. The summed E-state index contributed by atoms with van der Waals surface area (Å²) in [6.45, 7) is 4.97. The van der Waals surface area contributed by atoms with Crippen molar-refractivity contribution >= 4 is 16.8 Å². The molecule has 1 aliphatic carbocycles. The third kappa shape index (κ3) is 3.48. The van der Waals surface area contributed by atoms with Crippen molar-refractivity contribution in [3.8, 4) is 0 Å². The number of rotatable bonds is 5. The number of hydrogen-bond acceptors (Lipinski definition) is 3. The first kappa shape index (κ1) is 18.5. The zero-order chi connectivity index (χ0) is 19.8. The van der Waals surface area contributed by atoms with Crippen LogP contribution in [0, 0.1) is 5.92 Å². The molecule has 2 atom stereocenters. The van der Waals surface area contributed by atoms with Crippen molar-refractivity contribution in [1.82, 2.24) is 15.2 Å². The van der Waals surface area contributed by atoms with Crippen molar-refractivity contribution in [2.45, 2.75) is 45.1 Å². The van der Waals surface area contributed by atoms with E-state index in [0.29, 0.717) is 12.5 Å². The van der Waals surface area contributed by atoms with Gasteiger partial charge in [-0.15, -0.1) is 0 Å². The van der Waals surface area contributed by atoms with Gasteiger partial charge in [0.1, 0.15) is 5.76 Å². The molecule has 152 valence electrons. The number of carbonyl (C=O) groups is 1. The number of aromatic nitrogens is 1. The minimum atomic E-state index is -0.0157. The van der Waals surface area contributed by atoms with Gasteiger partial charge in [-0.25, -0.2) is 0 Å². The molecule has 2 aliphatic rings. The Labute approximate surface area is 171 Å². The fourth-order valence-electron chi connectivity index (χ4n) is 5.03. The number of aryl methyl sites for hydroxylation is 1. The smallest absolute Gasteiger partial charge is 0.253 e. The van der Waals surface area contributed by atoms with Crippen molar-refractivity contribution in [1.29, 1.82) is 0 Å². The Balaban J connectivity index is 1.38. The van der Waals surface area contributed by atoms with Crippen LogP contribution in [0.1, 0.15) is 59.6 Å². The van der Waals surface area contributed by atoms with Crippen molar-refractivity contribution in [2.24, 2.45) is 5.92 Å². The average molecular weight is 392 g/mol. The summed E-state index contributed by atoms with van der Waals surface area (Å²) < 4.78 is 5.68. The molecule has 1 fully saturated rings. The second-order valence-electron chi connectivity index (χ2n) is 8.64. The number of nitrogens with zero attached hydrogens (tertiary/aromatic N) is 1. The highest BCUT2D eigenvalue weighted by Gasteiger charge is 2.27. The van der Waals surface area contributed by atoms with E-state index >= 15 is 0 Å². The number of amides is 1. The highest BCUT2D eigenvalue weighted by molar-refractivity contribution is 6.06. The van der Waals surface area contributed by atoms with Gasteiger partial charge in [-0.1, -0.05) is 19.1 Å². The molecular weight excluding hydrogens is 362 g/mol. The fourth-order valence-corrected chi connectivity index (χ4v) is 5.03. The molecule has 2 aromatic heterocycles. The lowest BCUT2D eigenvalue weighted by Gasteiger charge is -2.26. The lowest BCUT2D eigenvalue weighted by Crippen LogP contribution is -2.36. The molecule has 1 aliphatic heterocycles. The van der Waals surface area contributed by atoms with E-state index in [1.165, 1.54) is 35.9 Å². The molecule has 2 N–H and O–H groups in total. The van der Waals surface area contributed by atoms with Crippen LogP contribution in [0.4, 0.5) is 0 Å². The normalized spacial score (nSPS) is 20.7. The van der Waals surface area contributed by atoms with Crippen molar-refractivity contribution in [2.75, 3.05) is 19.6 Å². The predicted octanol–water partition coefficient (Wildman–Crippen LogP) is 4.45. The first-order chi connectivity index (χ1) is 14.2. The summed E-state index contributed by atoms with van der Waals surface area (Å²) >= 11 is 0. The number of para-hydroxylation sites is 1. The second kappa shape index (κ2) is 7.71. The number of H-pyrrole nitrogens is 1. The molecule has 5 nitrogen and oxygen atoms in total. The van der Waals surface area contributed by atoms with Crippen LogP contribution in [-0.2, 0) is 12.8 Å². The van der Waals surface area contributed by atoms with Crippen LogP contribution in [-0.4, -0.2) is 35.4 Å². The van der Waals surface area contributed by atoms with E-state index in [2.05, 4.69) is 28.2 Å². The molecular formula is C24H29N3O2. The molecule has 29 heavy (non-hydrogen) atoms. The number of benzene rings is 1. The van der Waals surface area contributed by atoms with E-state index in [-0.39, 0.29) is 11.9 Å². The highest BCUT2D eigenvalue weighted by atomic mass is 16.3. The Hall–Kier alpha value is -2.53. The van der Waals surface area contributed by atoms with E-state index in [1.807, 2.05) is 24.3 Å². The number of hydrogen-bond donors (Lipinski definition) is 2. The zero-order valence-electron chi connectivity index (χ0n) is 17.0. The summed E-state index contributed by atoms with van der Waals surface area (Å²) in [6, 6.07) is 10.1. The van der Waals surface area contributed by atoms with Crippen molar-refractivity contribution < 1.29 is 9.21 Å². The molecule has 0 saturated carbocycles. The van der Waals surface area contributed by atoms with Crippen LogP contribution in [0.25, 0.3) is 10.9 Å². The summed E-state index contributed by atoms with van der Waals surface area (Å²) in [5.74, 6) is 1.61. The third-order valence-electron chi connectivity index (χ3n) is 6.62. The standard InChI is InChI=1S/C24H29N3O2/c1-16-9-10-20-19(14-16)17-6-4-7-18(23(17)26-20)24(28)25-15-21(22-8-5-13-29-22)27-11-2-3-12-27/h4-8,13,16,21,26H,2-3,9-12,14-15H2,1H3,(H,25,28). The molecule has 0 bridgehead atoms. The number of likely N-dealkylation sites (tertiary alicyclic amines) is 1. The van der Waals surface area contributed by atoms with Gasteiger partial charge in [0, 0.05) is 17.6 Å². The summed E-state index contributed by atoms with van der Waals surface area (Å²) in [4.78, 5) is 19.1. The Bertz CT molecular complexity index is 999. The Morgan fingerprint density at radius 2 is 2.14 bits per heavy atom. The molecule has 0 radical (unpaired) electrons. The minimum absolute atomic E-state index is 0.0157. The maximum absolute atomic E-state index is 13.1. The Morgan fingerprint density at radius 1 is 1.28 bits per heavy atom. The highest BCUT2D eigenvalue weighted by Crippen LogP contribution is 2.33. The number of carbonyl (C=O) groups excluding carboxylic acids is 1. The monoisotopic (exact) mass is 391 g/mol. The van der Waals surface area contributed by atoms with Gasteiger partial charge >= 0.3 is 0 Å². The molecule has 1 aromatic carbocycles. The van der Waals surface area contributed by atoms with Gasteiger partial charge in [-0.3, -0.25) is 9.69 Å². The number of nitrogens with one attached hydrogen (secondary N) is 2. The lowest BCUT2D eigenvalue weighted by atomic mass is 9.87. The topological polar surface area (TPSA) is 61.3 Å². The van der Waals surface area contributed by atoms with Gasteiger partial charge in [0.25, 0.3) is 5.91 Å². The van der Waals surface area contributed by atoms with Gasteiger partial charge in [0.15, 0.2) is 0 Å². The molecule has 5 heteroatoms. The number of fused-ring (bicyclic) bond motifs is 3. The van der Waals surface area contributed by atoms with Crippen molar-refractivity contribution in [3.05, 3.63) is 59.2 Å². The van der Waals surface area contributed by atoms with Gasteiger partial charge in [0.2, 0.25) is 0 Å². The van der Waals surface area contributed by atoms with E-state index < -0.39 is 0 Å². The van der Waals surface area contributed by atoms with Gasteiger partial charge in [-0.2, -0.15) is 0 Å². The van der Waals surface area contributed by atoms with E-state index in [0.717, 1.165) is 42.8 Å². The fraction of sp³-hybridized carbons (Fsp3) is 0.458. The molecule has 5 rings (SSSR count). The molecule has 3 aromatic rings. The Kier molecular flexibility index (Phi) is 4.92. The van der Waals surface area contributed by atoms with E-state index in [9.17, 15) is 4.79 Å². The predicted molar refractivity (Wildman–Crippen MR) is 114 cm³/mol. The van der Waals surface area contributed by atoms with E-state index in [1.54, 1.807) is 6.26 Å². The summed E-state index contributed by atoms with van der Waals surface area (Å²) in [7, 11) is 0. The molecule has 2 unspecified atom stereocenters. The quantitative estimate of drug-likeness (QED) is 0.675. The summed E-state index contributed by atoms with van der Waals surface area (Å²) in [6.07, 6.45) is 7.50. The van der Waals surface area contributed by atoms with Crippen LogP contribution in [0.5, 0.6) is 0 Å². The largest absolute Gasteiger partial charge is 0.468 e. The van der Waals surface area contributed by atoms with Gasteiger partial charge < -0.3 is 14.7 Å². The first-order valence-electron chi connectivity index (χ1n) is 10.9. The van der Waals surface area contributed by atoms with Crippen LogP contribution in [0.2, 0.25) is 0 Å². The first-order valence-corrected chi connectivity index (χ1v) is 10.9. The molecule has 1 saturated heterocycles. The molecule has 1 amide bonds. The van der Waals surface area contributed by atoms with Crippen LogP contribution < -0.4 is 5.32 Å². The van der Waals surface area contributed by atoms with Crippen LogP contribution >= 0.6 is 0 Å². The molecule has 0 spiro atoms. The minimum Gasteiger partial charge on any atom is -0.468 e. The SMILES string of the molecule is CC1CCc2[nH]c3c(C(=O)NCC(c4ccco4)N4CCCC4)cccc3c2C1. The van der Waals surface area contributed by atoms with Crippen molar-refractivity contribution in [3.63, 3.8) is 0 Å². The van der Waals surface area contributed by atoms with Crippen LogP contribution in [0.3, 0.4) is 0 Å². The maximum Gasteiger partial charge on any atom is 0.253 e. The number of aromatic amines is 1. The Morgan fingerprint density at radius 3 is 2.93 bits per heavy atom. The lowest BCUT2D eigenvalue weighted by molar-refractivity contribution is 0.0935. The third-order valence-corrected chi connectivity index (χ3v) is 6.62. The van der Waals surface area contributed by atoms with E-state index in [4.69, 9.17) is 4.42 Å². The zero-order valence-corrected chi connectivity index (χ0v) is 17.0. The summed E-state index contributed by atoms with van der Waals surface area (Å²) in [5.41, 5.74) is 4.44. The second-order valence-corrected chi connectivity index (χ2v) is 8.64.